The highest BCUT2D eigenvalue weighted by molar-refractivity contribution is 6.44. The molecule has 10 heteroatoms. The van der Waals surface area contributed by atoms with E-state index in [4.69, 9.17) is 23.2 Å². The van der Waals surface area contributed by atoms with Crippen LogP contribution in [-0.4, -0.2) is 21.7 Å². The quantitative estimate of drug-likeness (QED) is 0.380. The van der Waals surface area contributed by atoms with Crippen LogP contribution < -0.4 is 10.6 Å². The number of carbonyl (C=O) groups is 2. The number of aromatic nitrogens is 1. The zero-order chi connectivity index (χ0) is 17.0. The molecule has 0 bridgehead atoms. The number of anilines is 2. The number of halogens is 2. The predicted molar refractivity (Wildman–Crippen MR) is 84.6 cm³/mol. The molecular formula is C13H8Cl2N4O4. The fraction of sp³-hybridized carbons (Fsp3) is 0. The summed E-state index contributed by atoms with van der Waals surface area (Å²) in [5.74, 6) is -2.03. The second-order valence-corrected chi connectivity index (χ2v) is 4.94. The van der Waals surface area contributed by atoms with Crippen molar-refractivity contribution in [1.82, 2.24) is 4.98 Å². The predicted octanol–water partition coefficient (Wildman–Crippen LogP) is 2.87. The maximum absolute atomic E-state index is 11.8. The lowest BCUT2D eigenvalue weighted by molar-refractivity contribution is -0.384. The SMILES string of the molecule is O=C(Nc1ccc(Cl)c([N+](=O)[O-])c1)C(=O)Nc1cccnc1Cl. The number of nitrogens with zero attached hydrogens (tertiary/aromatic N) is 2. The molecule has 0 atom stereocenters. The molecule has 0 saturated heterocycles. The van der Waals surface area contributed by atoms with E-state index in [1.807, 2.05) is 0 Å². The second kappa shape index (κ2) is 7.03. The monoisotopic (exact) mass is 354 g/mol. The molecule has 0 unspecified atom stereocenters. The first-order valence-electron chi connectivity index (χ1n) is 6.05. The van der Waals surface area contributed by atoms with Gasteiger partial charge in [0.25, 0.3) is 5.69 Å². The molecule has 0 spiro atoms. The Morgan fingerprint density at radius 2 is 1.83 bits per heavy atom. The minimum absolute atomic E-state index is 0.0239. The largest absolute Gasteiger partial charge is 0.318 e. The Labute approximate surface area is 139 Å². The number of nitro groups is 1. The Bertz CT molecular complexity index is 797. The van der Waals surface area contributed by atoms with Crippen LogP contribution in [0.2, 0.25) is 10.2 Å². The number of amides is 2. The third kappa shape index (κ3) is 4.15. The van der Waals surface area contributed by atoms with Gasteiger partial charge < -0.3 is 10.6 Å². The summed E-state index contributed by atoms with van der Waals surface area (Å²) in [4.78, 5) is 37.4. The molecule has 118 valence electrons. The molecule has 0 fully saturated rings. The minimum Gasteiger partial charge on any atom is -0.318 e. The number of hydrogen-bond donors (Lipinski definition) is 2. The number of carbonyl (C=O) groups excluding carboxylic acids is 2. The number of benzene rings is 1. The summed E-state index contributed by atoms with van der Waals surface area (Å²) in [6, 6.07) is 6.61. The average molecular weight is 355 g/mol. The van der Waals surface area contributed by atoms with Gasteiger partial charge in [0.1, 0.15) is 5.02 Å². The van der Waals surface area contributed by atoms with Crippen molar-refractivity contribution in [3.8, 4) is 0 Å². The number of rotatable bonds is 3. The van der Waals surface area contributed by atoms with Gasteiger partial charge in [0, 0.05) is 18.0 Å². The summed E-state index contributed by atoms with van der Waals surface area (Å²) in [5.41, 5.74) is -0.171. The smallest absolute Gasteiger partial charge is 0.314 e. The van der Waals surface area contributed by atoms with Crippen LogP contribution in [0.3, 0.4) is 0 Å². The third-order valence-electron chi connectivity index (χ3n) is 2.61. The van der Waals surface area contributed by atoms with Crippen molar-refractivity contribution in [2.45, 2.75) is 0 Å². The summed E-state index contributed by atoms with van der Waals surface area (Å²) in [7, 11) is 0. The molecule has 2 N–H and O–H groups in total. The van der Waals surface area contributed by atoms with E-state index < -0.39 is 16.7 Å². The van der Waals surface area contributed by atoms with E-state index in [9.17, 15) is 19.7 Å². The van der Waals surface area contributed by atoms with E-state index in [0.29, 0.717) is 0 Å². The Morgan fingerprint density at radius 3 is 2.48 bits per heavy atom. The van der Waals surface area contributed by atoms with Crippen LogP contribution in [0, 0.1) is 10.1 Å². The zero-order valence-corrected chi connectivity index (χ0v) is 12.8. The Kier molecular flexibility index (Phi) is 5.09. The topological polar surface area (TPSA) is 114 Å². The van der Waals surface area contributed by atoms with Crippen LogP contribution in [0.5, 0.6) is 0 Å². The van der Waals surface area contributed by atoms with Gasteiger partial charge >= 0.3 is 11.8 Å². The first-order chi connectivity index (χ1) is 10.9. The molecule has 2 rings (SSSR count). The summed E-state index contributed by atoms with van der Waals surface area (Å²) < 4.78 is 0. The van der Waals surface area contributed by atoms with Crippen LogP contribution in [-0.2, 0) is 9.59 Å². The van der Waals surface area contributed by atoms with E-state index in [0.717, 1.165) is 6.07 Å². The fourth-order valence-electron chi connectivity index (χ4n) is 1.58. The average Bonchev–Trinajstić information content (AvgIpc) is 2.51. The van der Waals surface area contributed by atoms with Gasteiger partial charge in [0.15, 0.2) is 5.15 Å². The highest BCUT2D eigenvalue weighted by Gasteiger charge is 2.18. The van der Waals surface area contributed by atoms with E-state index in [1.54, 1.807) is 0 Å². The van der Waals surface area contributed by atoms with Gasteiger partial charge in [0.2, 0.25) is 0 Å². The molecule has 2 aromatic rings. The van der Waals surface area contributed by atoms with Crippen LogP contribution in [0.4, 0.5) is 17.1 Å². The van der Waals surface area contributed by atoms with E-state index >= 15 is 0 Å². The molecule has 2 amide bonds. The molecule has 0 aliphatic heterocycles. The Hall–Kier alpha value is -2.71. The van der Waals surface area contributed by atoms with E-state index in [-0.39, 0.29) is 27.2 Å². The molecule has 0 radical (unpaired) electrons. The molecular weight excluding hydrogens is 347 g/mol. The highest BCUT2D eigenvalue weighted by atomic mass is 35.5. The van der Waals surface area contributed by atoms with Crippen molar-refractivity contribution in [1.29, 1.82) is 0 Å². The maximum atomic E-state index is 11.8. The lowest BCUT2D eigenvalue weighted by Crippen LogP contribution is -2.29. The number of nitrogens with one attached hydrogen (secondary N) is 2. The van der Waals surface area contributed by atoms with Crippen LogP contribution in [0.25, 0.3) is 0 Å². The fourth-order valence-corrected chi connectivity index (χ4v) is 1.93. The van der Waals surface area contributed by atoms with E-state index in [2.05, 4.69) is 15.6 Å². The molecule has 23 heavy (non-hydrogen) atoms. The van der Waals surface area contributed by atoms with Crippen molar-refractivity contribution < 1.29 is 14.5 Å². The highest BCUT2D eigenvalue weighted by Crippen LogP contribution is 2.27. The third-order valence-corrected chi connectivity index (χ3v) is 3.24. The molecule has 1 aromatic carbocycles. The van der Waals surface area contributed by atoms with E-state index in [1.165, 1.54) is 30.5 Å². The van der Waals surface area contributed by atoms with Gasteiger partial charge in [-0.05, 0) is 24.3 Å². The van der Waals surface area contributed by atoms with Crippen LogP contribution >= 0.6 is 23.2 Å². The van der Waals surface area contributed by atoms with Crippen molar-refractivity contribution in [3.05, 3.63) is 56.8 Å². The maximum Gasteiger partial charge on any atom is 0.314 e. The summed E-state index contributed by atoms with van der Waals surface area (Å²) in [6.07, 6.45) is 1.42. The molecule has 1 aromatic heterocycles. The number of nitro benzene ring substituents is 1. The van der Waals surface area contributed by atoms with Crippen molar-refractivity contribution in [3.63, 3.8) is 0 Å². The standard InChI is InChI=1S/C13H8Cl2N4O4/c14-8-4-3-7(6-10(8)19(22)23)17-12(20)13(21)18-9-2-1-5-16-11(9)15/h1-6H,(H,17,20)(H,18,21). The van der Waals surface area contributed by atoms with Crippen LogP contribution in [0.1, 0.15) is 0 Å². The van der Waals surface area contributed by atoms with Gasteiger partial charge in [-0.15, -0.1) is 0 Å². The molecule has 1 heterocycles. The second-order valence-electron chi connectivity index (χ2n) is 4.17. The van der Waals surface area contributed by atoms with Gasteiger partial charge in [-0.2, -0.15) is 0 Å². The molecule has 0 aliphatic rings. The van der Waals surface area contributed by atoms with Crippen molar-refractivity contribution in [2.75, 3.05) is 10.6 Å². The number of pyridine rings is 1. The first kappa shape index (κ1) is 16.7. The Morgan fingerprint density at radius 1 is 1.13 bits per heavy atom. The van der Waals surface area contributed by atoms with Gasteiger partial charge in [-0.1, -0.05) is 23.2 Å². The summed E-state index contributed by atoms with van der Waals surface area (Å²) in [5, 5.41) is 15.2. The minimum atomic E-state index is -1.03. The van der Waals surface area contributed by atoms with Gasteiger partial charge in [0.05, 0.1) is 10.6 Å². The lowest BCUT2D eigenvalue weighted by Gasteiger charge is -2.07. The molecule has 8 nitrogen and oxygen atoms in total. The van der Waals surface area contributed by atoms with Gasteiger partial charge in [-0.3, -0.25) is 19.7 Å². The number of hydrogen-bond acceptors (Lipinski definition) is 5. The first-order valence-corrected chi connectivity index (χ1v) is 6.81. The van der Waals surface area contributed by atoms with Crippen molar-refractivity contribution >= 4 is 52.1 Å². The summed E-state index contributed by atoms with van der Waals surface area (Å²) in [6.45, 7) is 0. The molecule has 0 saturated carbocycles. The lowest BCUT2D eigenvalue weighted by atomic mass is 10.2. The van der Waals surface area contributed by atoms with Gasteiger partial charge in [-0.25, -0.2) is 4.98 Å². The zero-order valence-electron chi connectivity index (χ0n) is 11.2. The van der Waals surface area contributed by atoms with Crippen molar-refractivity contribution in [2.24, 2.45) is 0 Å². The van der Waals surface area contributed by atoms with Crippen LogP contribution in [0.15, 0.2) is 36.5 Å². The Balaban J connectivity index is 2.10. The molecule has 0 aliphatic carbocycles. The normalized spacial score (nSPS) is 10.0. The summed E-state index contributed by atoms with van der Waals surface area (Å²) >= 11 is 11.4.